The van der Waals surface area contributed by atoms with Crippen molar-refractivity contribution in [3.8, 4) is 0 Å². The zero-order chi connectivity index (χ0) is 16.2. The molecule has 116 valence electrons. The van der Waals surface area contributed by atoms with Gasteiger partial charge >= 0.3 is 0 Å². The summed E-state index contributed by atoms with van der Waals surface area (Å²) in [5.41, 5.74) is 2.08. The van der Waals surface area contributed by atoms with Gasteiger partial charge in [0.05, 0.1) is 23.3 Å². The third-order valence-electron chi connectivity index (χ3n) is 3.73. The van der Waals surface area contributed by atoms with E-state index in [0.717, 1.165) is 5.56 Å². The predicted molar refractivity (Wildman–Crippen MR) is 89.0 cm³/mol. The van der Waals surface area contributed by atoms with Crippen LogP contribution in [0.15, 0.2) is 65.6 Å². The molecule has 23 heavy (non-hydrogen) atoms. The van der Waals surface area contributed by atoms with E-state index in [9.17, 15) is 9.59 Å². The Labute approximate surface area is 133 Å². The van der Waals surface area contributed by atoms with Gasteiger partial charge in [-0.3, -0.25) is 14.2 Å². The molecule has 1 heterocycles. The summed E-state index contributed by atoms with van der Waals surface area (Å²) in [7, 11) is 0. The van der Waals surface area contributed by atoms with E-state index in [1.807, 2.05) is 55.5 Å². The van der Waals surface area contributed by atoms with Crippen molar-refractivity contribution in [2.45, 2.75) is 19.5 Å². The van der Waals surface area contributed by atoms with Crippen LogP contribution in [0.5, 0.6) is 0 Å². The van der Waals surface area contributed by atoms with Gasteiger partial charge in [0.1, 0.15) is 6.54 Å². The van der Waals surface area contributed by atoms with Crippen LogP contribution in [-0.2, 0) is 11.3 Å². The van der Waals surface area contributed by atoms with Gasteiger partial charge in [-0.2, -0.15) is 0 Å². The van der Waals surface area contributed by atoms with Crippen molar-refractivity contribution in [2.24, 2.45) is 0 Å². The molecule has 0 spiro atoms. The lowest BCUT2D eigenvalue weighted by Crippen LogP contribution is -2.34. The molecule has 0 aliphatic rings. The van der Waals surface area contributed by atoms with Crippen LogP contribution in [0.3, 0.4) is 0 Å². The second-order valence-electron chi connectivity index (χ2n) is 5.37. The lowest BCUT2D eigenvalue weighted by molar-refractivity contribution is -0.122. The van der Waals surface area contributed by atoms with Crippen molar-refractivity contribution < 1.29 is 4.79 Å². The highest BCUT2D eigenvalue weighted by molar-refractivity contribution is 5.80. The van der Waals surface area contributed by atoms with Crippen LogP contribution < -0.4 is 10.9 Å². The zero-order valence-corrected chi connectivity index (χ0v) is 12.8. The van der Waals surface area contributed by atoms with Crippen LogP contribution in [0.25, 0.3) is 11.0 Å². The standard InChI is InChI=1S/C18H17N3O2/c1-13(14-7-3-2-4-8-14)20-17(22)12-21-16-10-6-5-9-15(16)19-11-18(21)23/h2-11,13H,12H2,1H3,(H,20,22)/t13-/m0/s1. The Morgan fingerprint density at radius 1 is 1.13 bits per heavy atom. The Balaban J connectivity index is 1.81. The molecule has 3 rings (SSSR count). The molecule has 1 aromatic heterocycles. The molecular weight excluding hydrogens is 290 g/mol. The smallest absolute Gasteiger partial charge is 0.269 e. The van der Waals surface area contributed by atoms with Crippen molar-refractivity contribution in [1.29, 1.82) is 0 Å². The van der Waals surface area contributed by atoms with Gasteiger partial charge < -0.3 is 5.32 Å². The molecule has 5 heteroatoms. The van der Waals surface area contributed by atoms with Gasteiger partial charge in [0.25, 0.3) is 5.56 Å². The van der Waals surface area contributed by atoms with Crippen LogP contribution in [0, 0.1) is 0 Å². The number of rotatable bonds is 4. The third-order valence-corrected chi connectivity index (χ3v) is 3.73. The fourth-order valence-corrected chi connectivity index (χ4v) is 2.53. The van der Waals surface area contributed by atoms with E-state index >= 15 is 0 Å². The molecule has 0 saturated heterocycles. The quantitative estimate of drug-likeness (QED) is 0.804. The molecule has 0 radical (unpaired) electrons. The fourth-order valence-electron chi connectivity index (χ4n) is 2.53. The maximum Gasteiger partial charge on any atom is 0.269 e. The number of hydrogen-bond acceptors (Lipinski definition) is 3. The lowest BCUT2D eigenvalue weighted by Gasteiger charge is -2.15. The van der Waals surface area contributed by atoms with Crippen LogP contribution >= 0.6 is 0 Å². The highest BCUT2D eigenvalue weighted by Gasteiger charge is 2.12. The molecule has 0 aliphatic heterocycles. The molecule has 1 N–H and O–H groups in total. The molecule has 1 atom stereocenters. The van der Waals surface area contributed by atoms with E-state index in [4.69, 9.17) is 0 Å². The van der Waals surface area contributed by atoms with E-state index in [1.54, 1.807) is 6.07 Å². The number of carbonyl (C=O) groups is 1. The van der Waals surface area contributed by atoms with E-state index in [-0.39, 0.29) is 24.1 Å². The second-order valence-corrected chi connectivity index (χ2v) is 5.37. The van der Waals surface area contributed by atoms with Gasteiger partial charge in [0, 0.05) is 0 Å². The van der Waals surface area contributed by atoms with Crippen LogP contribution in [-0.4, -0.2) is 15.5 Å². The first-order valence-corrected chi connectivity index (χ1v) is 7.44. The highest BCUT2D eigenvalue weighted by Crippen LogP contribution is 2.12. The number of fused-ring (bicyclic) bond motifs is 1. The van der Waals surface area contributed by atoms with Gasteiger partial charge in [-0.25, -0.2) is 4.98 Å². The minimum absolute atomic E-state index is 0.0287. The molecular formula is C18H17N3O2. The number of amides is 1. The number of nitrogens with one attached hydrogen (secondary N) is 1. The average Bonchev–Trinajstić information content (AvgIpc) is 2.58. The molecule has 2 aromatic carbocycles. The molecule has 0 bridgehead atoms. The molecule has 5 nitrogen and oxygen atoms in total. The summed E-state index contributed by atoms with van der Waals surface area (Å²) in [4.78, 5) is 28.4. The monoisotopic (exact) mass is 307 g/mol. The second kappa shape index (κ2) is 6.44. The van der Waals surface area contributed by atoms with Crippen LogP contribution in [0.1, 0.15) is 18.5 Å². The Hall–Kier alpha value is -2.95. The van der Waals surface area contributed by atoms with E-state index in [2.05, 4.69) is 10.3 Å². The Kier molecular flexibility index (Phi) is 4.19. The Morgan fingerprint density at radius 2 is 1.83 bits per heavy atom. The third kappa shape index (κ3) is 3.29. The maximum absolute atomic E-state index is 12.3. The molecule has 0 saturated carbocycles. The lowest BCUT2D eigenvalue weighted by atomic mass is 10.1. The molecule has 1 amide bonds. The van der Waals surface area contributed by atoms with Crippen molar-refractivity contribution in [2.75, 3.05) is 0 Å². The maximum atomic E-state index is 12.3. The number of carbonyl (C=O) groups excluding carboxylic acids is 1. The number of nitrogens with zero attached hydrogens (tertiary/aromatic N) is 2. The summed E-state index contributed by atoms with van der Waals surface area (Å²) in [5.74, 6) is -0.209. The van der Waals surface area contributed by atoms with Gasteiger partial charge in [0.2, 0.25) is 5.91 Å². The molecule has 0 fully saturated rings. The summed E-state index contributed by atoms with van der Waals surface area (Å²) in [6.07, 6.45) is 1.25. The highest BCUT2D eigenvalue weighted by atomic mass is 16.2. The first-order valence-electron chi connectivity index (χ1n) is 7.44. The van der Waals surface area contributed by atoms with E-state index in [0.29, 0.717) is 11.0 Å². The number of para-hydroxylation sites is 2. The number of aromatic nitrogens is 2. The minimum Gasteiger partial charge on any atom is -0.348 e. The molecule has 0 unspecified atom stereocenters. The number of benzene rings is 2. The van der Waals surface area contributed by atoms with Crippen molar-refractivity contribution in [3.05, 3.63) is 76.7 Å². The topological polar surface area (TPSA) is 64.0 Å². The molecule has 3 aromatic rings. The first-order chi connectivity index (χ1) is 11.1. The summed E-state index contributed by atoms with van der Waals surface area (Å²) in [6, 6.07) is 16.9. The predicted octanol–water partition coefficient (Wildman–Crippen LogP) is 2.27. The average molecular weight is 307 g/mol. The van der Waals surface area contributed by atoms with E-state index in [1.165, 1.54) is 10.8 Å². The van der Waals surface area contributed by atoms with Crippen molar-refractivity contribution >= 4 is 16.9 Å². The van der Waals surface area contributed by atoms with Gasteiger partial charge in [0.15, 0.2) is 0 Å². The van der Waals surface area contributed by atoms with Gasteiger partial charge in [-0.05, 0) is 24.6 Å². The summed E-state index contributed by atoms with van der Waals surface area (Å²) in [6.45, 7) is 1.89. The summed E-state index contributed by atoms with van der Waals surface area (Å²) >= 11 is 0. The zero-order valence-electron chi connectivity index (χ0n) is 12.8. The largest absolute Gasteiger partial charge is 0.348 e. The van der Waals surface area contributed by atoms with Gasteiger partial charge in [-0.1, -0.05) is 42.5 Å². The Bertz CT molecular complexity index is 887. The SMILES string of the molecule is C[C@H](NC(=O)Cn1c(=O)cnc2ccccc21)c1ccccc1. The fraction of sp³-hybridized carbons (Fsp3) is 0.167. The van der Waals surface area contributed by atoms with Crippen molar-refractivity contribution in [3.63, 3.8) is 0 Å². The molecule has 0 aliphatic carbocycles. The van der Waals surface area contributed by atoms with E-state index < -0.39 is 0 Å². The number of hydrogen-bond donors (Lipinski definition) is 1. The Morgan fingerprint density at radius 3 is 2.61 bits per heavy atom. The minimum atomic E-state index is -0.286. The van der Waals surface area contributed by atoms with Gasteiger partial charge in [-0.15, -0.1) is 0 Å². The van der Waals surface area contributed by atoms with Crippen molar-refractivity contribution in [1.82, 2.24) is 14.9 Å². The summed E-state index contributed by atoms with van der Waals surface area (Å²) in [5, 5.41) is 2.92. The van der Waals surface area contributed by atoms with Crippen LogP contribution in [0.4, 0.5) is 0 Å². The normalized spacial score (nSPS) is 12.0. The van der Waals surface area contributed by atoms with Crippen LogP contribution in [0.2, 0.25) is 0 Å². The summed E-state index contributed by atoms with van der Waals surface area (Å²) < 4.78 is 1.44. The first kappa shape index (κ1) is 15.0.